The Kier molecular flexibility index (Phi) is 8.57. The molecule has 2 aromatic rings. The van der Waals surface area contributed by atoms with Crippen LogP contribution in [0.4, 0.5) is 0 Å². The van der Waals surface area contributed by atoms with E-state index in [2.05, 4.69) is 5.32 Å². The van der Waals surface area contributed by atoms with Crippen molar-refractivity contribution in [1.29, 1.82) is 0 Å². The van der Waals surface area contributed by atoms with Crippen molar-refractivity contribution in [1.82, 2.24) is 5.32 Å². The fourth-order valence-electron chi connectivity index (χ4n) is 2.82. The van der Waals surface area contributed by atoms with Gasteiger partial charge in [0.15, 0.2) is 5.78 Å². The van der Waals surface area contributed by atoms with Gasteiger partial charge in [0.05, 0.1) is 12.7 Å². The first-order valence-electron chi connectivity index (χ1n) is 9.36. The molecule has 0 fully saturated rings. The summed E-state index contributed by atoms with van der Waals surface area (Å²) in [6, 6.07) is 9.71. The zero-order chi connectivity index (χ0) is 23.0. The van der Waals surface area contributed by atoms with Gasteiger partial charge in [0.2, 0.25) is 5.91 Å². The number of carboxylic acid groups (broad SMARTS) is 1. The van der Waals surface area contributed by atoms with E-state index in [-0.39, 0.29) is 30.6 Å². The van der Waals surface area contributed by atoms with E-state index >= 15 is 0 Å². The van der Waals surface area contributed by atoms with Crippen molar-refractivity contribution in [2.75, 3.05) is 7.11 Å². The zero-order valence-electron chi connectivity index (χ0n) is 17.0. The number of esters is 1. The number of aliphatic carboxylic acids is 1. The number of benzene rings is 2. The molecular weight excluding hydrogens is 426 g/mol. The number of methoxy groups -OCH3 is 1. The first-order chi connectivity index (χ1) is 14.7. The molecule has 0 aliphatic carbocycles. The maximum atomic E-state index is 12.4. The summed E-state index contributed by atoms with van der Waals surface area (Å²) < 4.78 is 10.1. The Morgan fingerprint density at radius 2 is 1.74 bits per heavy atom. The van der Waals surface area contributed by atoms with E-state index in [1.807, 2.05) is 0 Å². The average Bonchev–Trinajstić information content (AvgIpc) is 2.72. The monoisotopic (exact) mass is 447 g/mol. The number of nitrogens with one attached hydrogen (secondary N) is 1. The molecule has 8 nitrogen and oxygen atoms in total. The van der Waals surface area contributed by atoms with Gasteiger partial charge < -0.3 is 19.9 Å². The summed E-state index contributed by atoms with van der Waals surface area (Å²) in [5.74, 6) is -1.91. The Balaban J connectivity index is 1.95. The molecule has 2 aromatic carbocycles. The van der Waals surface area contributed by atoms with E-state index in [1.165, 1.54) is 32.2 Å². The van der Waals surface area contributed by atoms with Crippen molar-refractivity contribution in [3.05, 3.63) is 58.6 Å². The number of ether oxygens (including phenoxy) is 2. The molecule has 2 rings (SSSR count). The first-order valence-corrected chi connectivity index (χ1v) is 9.73. The van der Waals surface area contributed by atoms with Crippen LogP contribution in [-0.4, -0.2) is 41.9 Å². The molecule has 0 aromatic heterocycles. The maximum absolute atomic E-state index is 12.4. The second-order valence-electron chi connectivity index (χ2n) is 6.67. The number of carbonyl (C=O) groups excluding carboxylic acids is 3. The lowest BCUT2D eigenvalue weighted by Gasteiger charge is -2.15. The van der Waals surface area contributed by atoms with Crippen molar-refractivity contribution < 1.29 is 33.8 Å². The minimum absolute atomic E-state index is 0.0253. The van der Waals surface area contributed by atoms with Gasteiger partial charge in [0.25, 0.3) is 0 Å². The van der Waals surface area contributed by atoms with Gasteiger partial charge in [0, 0.05) is 31.2 Å². The van der Waals surface area contributed by atoms with Gasteiger partial charge in [-0.15, -0.1) is 0 Å². The molecule has 9 heteroatoms. The van der Waals surface area contributed by atoms with Crippen molar-refractivity contribution in [2.24, 2.45) is 0 Å². The Labute approximate surface area is 184 Å². The minimum Gasteiger partial charge on any atom is -0.496 e. The van der Waals surface area contributed by atoms with Crippen LogP contribution < -0.4 is 14.8 Å². The van der Waals surface area contributed by atoms with Gasteiger partial charge in [-0.3, -0.25) is 14.4 Å². The molecule has 1 amide bonds. The number of carbonyl (C=O) groups is 4. The lowest BCUT2D eigenvalue weighted by Crippen LogP contribution is -2.42. The van der Waals surface area contributed by atoms with E-state index in [1.54, 1.807) is 24.3 Å². The molecule has 0 radical (unpaired) electrons. The topological polar surface area (TPSA) is 119 Å². The minimum atomic E-state index is -1.21. The van der Waals surface area contributed by atoms with Crippen molar-refractivity contribution in [3.63, 3.8) is 0 Å². The highest BCUT2D eigenvalue weighted by atomic mass is 35.5. The van der Waals surface area contributed by atoms with Crippen molar-refractivity contribution in [2.45, 2.75) is 32.2 Å². The van der Waals surface area contributed by atoms with Crippen LogP contribution in [0.1, 0.15) is 35.7 Å². The fraction of sp³-hybridized carbons (Fsp3) is 0.273. The Hall–Kier alpha value is -3.39. The second kappa shape index (κ2) is 11.1. The highest BCUT2D eigenvalue weighted by Crippen LogP contribution is 2.24. The number of hydrogen-bond donors (Lipinski definition) is 2. The number of amides is 1. The van der Waals surface area contributed by atoms with Gasteiger partial charge in [-0.25, -0.2) is 4.79 Å². The maximum Gasteiger partial charge on any atom is 0.326 e. The van der Waals surface area contributed by atoms with E-state index in [9.17, 15) is 24.3 Å². The molecule has 164 valence electrons. The largest absolute Gasteiger partial charge is 0.496 e. The fourth-order valence-corrected chi connectivity index (χ4v) is 2.99. The molecule has 0 saturated heterocycles. The summed E-state index contributed by atoms with van der Waals surface area (Å²) in [5.41, 5.74) is 0.883. The number of halogens is 1. The highest BCUT2D eigenvalue weighted by Gasteiger charge is 2.22. The molecular formula is C22H22ClNO7. The number of carboxylic acids is 1. The summed E-state index contributed by atoms with van der Waals surface area (Å²) in [4.78, 5) is 47.2. The van der Waals surface area contributed by atoms with Crippen LogP contribution in [0.25, 0.3) is 0 Å². The average molecular weight is 448 g/mol. The molecule has 31 heavy (non-hydrogen) atoms. The van der Waals surface area contributed by atoms with Crippen molar-refractivity contribution in [3.8, 4) is 11.5 Å². The van der Waals surface area contributed by atoms with Crippen molar-refractivity contribution >= 4 is 35.2 Å². The van der Waals surface area contributed by atoms with Crippen LogP contribution in [0.3, 0.4) is 0 Å². The van der Waals surface area contributed by atoms with Crippen LogP contribution in [0.15, 0.2) is 42.5 Å². The van der Waals surface area contributed by atoms with Crippen LogP contribution in [-0.2, 0) is 20.8 Å². The number of Topliss-reactive ketones (excluding diaryl/α,β-unsaturated/α-hetero) is 1. The number of rotatable bonds is 10. The summed E-state index contributed by atoms with van der Waals surface area (Å²) in [5, 5.41) is 12.2. The quantitative estimate of drug-likeness (QED) is 0.326. The lowest BCUT2D eigenvalue weighted by molar-refractivity contribution is -0.141. The SMILES string of the molecule is COc1ccc(Cl)cc1C(=O)CCC(=O)NC(Cc1ccc(OC(C)=O)cc1)C(=O)O. The number of ketones is 1. The third-order valence-corrected chi connectivity index (χ3v) is 4.53. The van der Waals surface area contributed by atoms with E-state index < -0.39 is 23.9 Å². The molecule has 0 saturated carbocycles. The molecule has 0 bridgehead atoms. The lowest BCUT2D eigenvalue weighted by atomic mass is 10.0. The summed E-state index contributed by atoms with van der Waals surface area (Å²) in [6.07, 6.45) is -0.298. The summed E-state index contributed by atoms with van der Waals surface area (Å²) in [7, 11) is 1.42. The molecule has 2 N–H and O–H groups in total. The van der Waals surface area contributed by atoms with Gasteiger partial charge >= 0.3 is 11.9 Å². The van der Waals surface area contributed by atoms with Gasteiger partial charge in [-0.2, -0.15) is 0 Å². The summed E-state index contributed by atoms with van der Waals surface area (Å²) >= 11 is 5.92. The highest BCUT2D eigenvalue weighted by molar-refractivity contribution is 6.31. The molecule has 0 heterocycles. The number of hydrogen-bond acceptors (Lipinski definition) is 6. The summed E-state index contributed by atoms with van der Waals surface area (Å²) in [6.45, 7) is 1.27. The van der Waals surface area contributed by atoms with E-state index in [0.29, 0.717) is 22.1 Å². The molecule has 0 aliphatic rings. The Morgan fingerprint density at radius 3 is 2.32 bits per heavy atom. The zero-order valence-corrected chi connectivity index (χ0v) is 17.8. The third kappa shape index (κ3) is 7.42. The normalized spacial score (nSPS) is 11.3. The molecule has 1 unspecified atom stereocenters. The van der Waals surface area contributed by atoms with E-state index in [4.69, 9.17) is 21.1 Å². The first kappa shape index (κ1) is 23.9. The van der Waals surface area contributed by atoms with Gasteiger partial charge in [-0.1, -0.05) is 23.7 Å². The Bertz CT molecular complexity index is 972. The van der Waals surface area contributed by atoms with Crippen LogP contribution in [0, 0.1) is 0 Å². The van der Waals surface area contributed by atoms with Gasteiger partial charge in [0.1, 0.15) is 17.5 Å². The van der Waals surface area contributed by atoms with E-state index in [0.717, 1.165) is 0 Å². The van der Waals surface area contributed by atoms with Crippen LogP contribution in [0.5, 0.6) is 11.5 Å². The molecule has 0 spiro atoms. The predicted molar refractivity (Wildman–Crippen MR) is 113 cm³/mol. The third-order valence-electron chi connectivity index (χ3n) is 4.30. The Morgan fingerprint density at radius 1 is 1.06 bits per heavy atom. The second-order valence-corrected chi connectivity index (χ2v) is 7.10. The van der Waals surface area contributed by atoms with Crippen LogP contribution >= 0.6 is 11.6 Å². The smallest absolute Gasteiger partial charge is 0.326 e. The van der Waals surface area contributed by atoms with Gasteiger partial charge in [-0.05, 0) is 35.9 Å². The standard InChI is InChI=1S/C22H22ClNO7/c1-13(25)31-16-6-3-14(4-7-16)11-18(22(28)29)24-21(27)10-8-19(26)17-12-15(23)5-9-20(17)30-2/h3-7,9,12,18H,8,10-11H2,1-2H3,(H,24,27)(H,28,29). The molecule has 0 aliphatic heterocycles. The predicted octanol–water partition coefficient (Wildman–Crippen LogP) is 3.05. The van der Waals surface area contributed by atoms with Crippen LogP contribution in [0.2, 0.25) is 5.02 Å². The molecule has 1 atom stereocenters.